The number of benzene rings is 1. The van der Waals surface area contributed by atoms with Crippen molar-refractivity contribution in [3.05, 3.63) is 34.3 Å². The zero-order valence-electron chi connectivity index (χ0n) is 12.6. The summed E-state index contributed by atoms with van der Waals surface area (Å²) in [5, 5.41) is 3.51. The van der Waals surface area contributed by atoms with E-state index in [1.54, 1.807) is 0 Å². The zero-order valence-corrected chi connectivity index (χ0v) is 14.2. The summed E-state index contributed by atoms with van der Waals surface area (Å²) < 4.78 is 1.20. The molecule has 0 spiro atoms. The molecule has 1 N–H and O–H groups in total. The average molecular weight is 327 g/mol. The van der Waals surface area contributed by atoms with E-state index in [4.69, 9.17) is 0 Å². The van der Waals surface area contributed by atoms with Crippen molar-refractivity contribution < 1.29 is 0 Å². The summed E-state index contributed by atoms with van der Waals surface area (Å²) in [6.07, 6.45) is 1.20. The van der Waals surface area contributed by atoms with Crippen LogP contribution < -0.4 is 5.32 Å². The maximum absolute atomic E-state index is 3.62. The van der Waals surface area contributed by atoms with Gasteiger partial charge < -0.3 is 5.32 Å². The molecule has 1 rings (SSSR count). The molecule has 1 aromatic carbocycles. The summed E-state index contributed by atoms with van der Waals surface area (Å²) in [5.41, 5.74) is 1.35. The molecule has 0 fully saturated rings. The molecule has 3 heteroatoms. The summed E-state index contributed by atoms with van der Waals surface area (Å²) >= 11 is 3.62. The van der Waals surface area contributed by atoms with Crippen molar-refractivity contribution in [2.45, 2.75) is 39.8 Å². The Morgan fingerprint density at radius 2 is 1.95 bits per heavy atom. The zero-order chi connectivity index (χ0) is 14.3. The Balaban J connectivity index is 2.48. The van der Waals surface area contributed by atoms with Crippen molar-refractivity contribution in [1.82, 2.24) is 10.2 Å². The van der Waals surface area contributed by atoms with E-state index in [2.05, 4.69) is 78.2 Å². The highest BCUT2D eigenvalue weighted by Gasteiger charge is 2.17. The molecule has 108 valence electrons. The van der Waals surface area contributed by atoms with Gasteiger partial charge in [-0.05, 0) is 51.0 Å². The Kier molecular flexibility index (Phi) is 7.66. The van der Waals surface area contributed by atoms with Crippen LogP contribution in [0.2, 0.25) is 0 Å². The van der Waals surface area contributed by atoms with E-state index in [1.807, 2.05) is 0 Å². The van der Waals surface area contributed by atoms with E-state index >= 15 is 0 Å². The molecule has 0 aromatic heterocycles. The topological polar surface area (TPSA) is 15.3 Å². The largest absolute Gasteiger partial charge is 0.316 e. The monoisotopic (exact) mass is 326 g/mol. The Bertz CT molecular complexity index is 368. The van der Waals surface area contributed by atoms with Gasteiger partial charge in [0.15, 0.2) is 0 Å². The first-order valence-electron chi connectivity index (χ1n) is 7.20. The van der Waals surface area contributed by atoms with Gasteiger partial charge in [0.2, 0.25) is 0 Å². The number of hydrogen-bond donors (Lipinski definition) is 1. The van der Waals surface area contributed by atoms with Crippen LogP contribution in [0.15, 0.2) is 28.7 Å². The number of halogens is 1. The molecule has 0 bridgehead atoms. The Morgan fingerprint density at radius 3 is 2.58 bits per heavy atom. The van der Waals surface area contributed by atoms with Crippen LogP contribution in [0.1, 0.15) is 32.8 Å². The van der Waals surface area contributed by atoms with Gasteiger partial charge in [-0.25, -0.2) is 0 Å². The summed E-state index contributed by atoms with van der Waals surface area (Å²) in [4.78, 5) is 2.43. The van der Waals surface area contributed by atoms with Crippen LogP contribution in [0, 0.1) is 5.92 Å². The second kappa shape index (κ2) is 8.72. The molecule has 0 aliphatic heterocycles. The highest BCUT2D eigenvalue weighted by Crippen LogP contribution is 2.19. The van der Waals surface area contributed by atoms with Crippen LogP contribution in [0.3, 0.4) is 0 Å². The predicted octanol–water partition coefficient (Wildman–Crippen LogP) is 3.91. The lowest BCUT2D eigenvalue weighted by molar-refractivity contribution is 0.188. The van der Waals surface area contributed by atoms with Gasteiger partial charge in [0, 0.05) is 17.1 Å². The van der Waals surface area contributed by atoms with Crippen LogP contribution in [-0.2, 0) is 6.54 Å². The summed E-state index contributed by atoms with van der Waals surface area (Å²) in [6, 6.07) is 9.03. The minimum absolute atomic E-state index is 0.566. The van der Waals surface area contributed by atoms with Gasteiger partial charge in [-0.3, -0.25) is 4.90 Å². The SMILES string of the molecule is CCCNCC(C)C(C)N(C)Cc1ccccc1Br. The first-order valence-corrected chi connectivity index (χ1v) is 8.00. The third-order valence-corrected chi connectivity index (χ3v) is 4.56. The van der Waals surface area contributed by atoms with Gasteiger partial charge >= 0.3 is 0 Å². The van der Waals surface area contributed by atoms with E-state index in [0.717, 1.165) is 19.6 Å². The molecule has 0 heterocycles. The lowest BCUT2D eigenvalue weighted by atomic mass is 10.0. The molecule has 0 radical (unpaired) electrons. The van der Waals surface area contributed by atoms with Crippen molar-refractivity contribution in [3.63, 3.8) is 0 Å². The number of hydrogen-bond acceptors (Lipinski definition) is 2. The first kappa shape index (κ1) is 16.7. The third-order valence-electron chi connectivity index (χ3n) is 3.79. The van der Waals surface area contributed by atoms with Gasteiger partial charge in [0.05, 0.1) is 0 Å². The fourth-order valence-corrected chi connectivity index (χ4v) is 2.56. The van der Waals surface area contributed by atoms with Crippen LogP contribution in [0.25, 0.3) is 0 Å². The van der Waals surface area contributed by atoms with Gasteiger partial charge in [-0.1, -0.05) is 48.0 Å². The predicted molar refractivity (Wildman–Crippen MR) is 87.4 cm³/mol. The normalized spacial score (nSPS) is 14.6. The number of rotatable bonds is 8. The smallest absolute Gasteiger partial charge is 0.0244 e. The number of nitrogens with zero attached hydrogens (tertiary/aromatic N) is 1. The molecule has 0 amide bonds. The summed E-state index contributed by atoms with van der Waals surface area (Å²) in [5.74, 6) is 0.652. The van der Waals surface area contributed by atoms with E-state index in [-0.39, 0.29) is 0 Å². The Morgan fingerprint density at radius 1 is 1.26 bits per heavy atom. The van der Waals surface area contributed by atoms with Crippen molar-refractivity contribution >= 4 is 15.9 Å². The van der Waals surface area contributed by atoms with Gasteiger partial charge in [0.25, 0.3) is 0 Å². The van der Waals surface area contributed by atoms with Crippen LogP contribution in [0.5, 0.6) is 0 Å². The van der Waals surface area contributed by atoms with Gasteiger partial charge in [-0.2, -0.15) is 0 Å². The van der Waals surface area contributed by atoms with Crippen LogP contribution >= 0.6 is 15.9 Å². The molecule has 0 saturated carbocycles. The fourth-order valence-electron chi connectivity index (χ4n) is 2.15. The van der Waals surface area contributed by atoms with Crippen molar-refractivity contribution in [2.24, 2.45) is 5.92 Å². The molecule has 2 nitrogen and oxygen atoms in total. The van der Waals surface area contributed by atoms with E-state index in [0.29, 0.717) is 12.0 Å². The second-order valence-electron chi connectivity index (χ2n) is 5.43. The van der Waals surface area contributed by atoms with Gasteiger partial charge in [-0.15, -0.1) is 0 Å². The van der Waals surface area contributed by atoms with Crippen LogP contribution in [0.4, 0.5) is 0 Å². The lowest BCUT2D eigenvalue weighted by Crippen LogP contribution is -2.38. The molecular formula is C16H27BrN2. The summed E-state index contributed by atoms with van der Waals surface area (Å²) in [6.45, 7) is 10.0. The van der Waals surface area contributed by atoms with Crippen molar-refractivity contribution in [2.75, 3.05) is 20.1 Å². The molecule has 0 saturated heterocycles. The minimum Gasteiger partial charge on any atom is -0.316 e. The molecule has 2 unspecified atom stereocenters. The van der Waals surface area contributed by atoms with E-state index in [9.17, 15) is 0 Å². The molecule has 0 aliphatic rings. The standard InChI is InChI=1S/C16H27BrN2/c1-5-10-18-11-13(2)14(3)19(4)12-15-8-6-7-9-16(15)17/h6-9,13-14,18H,5,10-12H2,1-4H3. The second-order valence-corrected chi connectivity index (χ2v) is 6.28. The third kappa shape index (κ3) is 5.64. The molecule has 0 aliphatic carbocycles. The highest BCUT2D eigenvalue weighted by molar-refractivity contribution is 9.10. The minimum atomic E-state index is 0.566. The van der Waals surface area contributed by atoms with E-state index in [1.165, 1.54) is 16.5 Å². The highest BCUT2D eigenvalue weighted by atomic mass is 79.9. The maximum Gasteiger partial charge on any atom is 0.0244 e. The molecule has 2 atom stereocenters. The number of nitrogens with one attached hydrogen (secondary N) is 1. The molecule has 19 heavy (non-hydrogen) atoms. The molecular weight excluding hydrogens is 300 g/mol. The molecule has 1 aromatic rings. The van der Waals surface area contributed by atoms with E-state index < -0.39 is 0 Å². The Hall–Kier alpha value is -0.380. The van der Waals surface area contributed by atoms with Crippen LogP contribution in [-0.4, -0.2) is 31.1 Å². The summed E-state index contributed by atoms with van der Waals surface area (Å²) in [7, 11) is 2.21. The van der Waals surface area contributed by atoms with Crippen molar-refractivity contribution in [3.8, 4) is 0 Å². The fraction of sp³-hybridized carbons (Fsp3) is 0.625. The maximum atomic E-state index is 3.62. The first-order chi connectivity index (χ1) is 9.06. The van der Waals surface area contributed by atoms with Gasteiger partial charge in [0.1, 0.15) is 0 Å². The lowest BCUT2D eigenvalue weighted by Gasteiger charge is -2.30. The quantitative estimate of drug-likeness (QED) is 0.729. The Labute approximate surface area is 126 Å². The van der Waals surface area contributed by atoms with Crippen molar-refractivity contribution in [1.29, 1.82) is 0 Å². The average Bonchev–Trinajstić information content (AvgIpc) is 2.40.